The van der Waals surface area contributed by atoms with Gasteiger partial charge in [0.25, 0.3) is 6.43 Å². The molecule has 0 saturated heterocycles. The molecule has 0 spiro atoms. The first-order valence-electron chi connectivity index (χ1n) is 5.02. The quantitative estimate of drug-likeness (QED) is 0.868. The molecule has 0 aromatic heterocycles. The Labute approximate surface area is 99.0 Å². The number of nitrogens with two attached hydrogens (primary N) is 1. The minimum atomic E-state index is -2.35. The Morgan fingerprint density at radius 3 is 2.62 bits per heavy atom. The highest BCUT2D eigenvalue weighted by Crippen LogP contribution is 2.23. The fraction of sp³-hybridized carbons (Fsp3) is 0.455. The van der Waals surface area contributed by atoms with Crippen LogP contribution in [0.25, 0.3) is 0 Å². The number of anilines is 1. The van der Waals surface area contributed by atoms with Crippen molar-refractivity contribution < 1.29 is 8.78 Å². The number of rotatable bonds is 5. The van der Waals surface area contributed by atoms with Crippen LogP contribution in [0, 0.1) is 0 Å². The molecule has 0 aliphatic heterocycles. The molecule has 0 aliphatic carbocycles. The van der Waals surface area contributed by atoms with E-state index < -0.39 is 6.43 Å². The van der Waals surface area contributed by atoms with Crippen LogP contribution >= 0.6 is 11.6 Å². The van der Waals surface area contributed by atoms with Crippen molar-refractivity contribution in [3.8, 4) is 0 Å². The number of benzene rings is 1. The Kier molecular flexibility index (Phi) is 4.96. The maximum absolute atomic E-state index is 12.2. The van der Waals surface area contributed by atoms with Crippen molar-refractivity contribution in [3.05, 3.63) is 28.8 Å². The van der Waals surface area contributed by atoms with Gasteiger partial charge in [-0.2, -0.15) is 0 Å². The van der Waals surface area contributed by atoms with Gasteiger partial charge in [-0.15, -0.1) is 0 Å². The number of alkyl halides is 2. The summed E-state index contributed by atoms with van der Waals surface area (Å²) in [6, 6.07) is 5.29. The first-order chi connectivity index (χ1) is 7.54. The molecule has 0 unspecified atom stereocenters. The van der Waals surface area contributed by atoms with Crippen LogP contribution in [-0.4, -0.2) is 26.6 Å². The highest BCUT2D eigenvalue weighted by atomic mass is 35.5. The van der Waals surface area contributed by atoms with E-state index in [0.717, 1.165) is 5.56 Å². The number of hydrogen-bond acceptors (Lipinski definition) is 2. The molecule has 0 atom stereocenters. The lowest BCUT2D eigenvalue weighted by Gasteiger charge is -2.19. The molecule has 90 valence electrons. The molecule has 0 heterocycles. The number of halogens is 3. The van der Waals surface area contributed by atoms with Gasteiger partial charge in [0.15, 0.2) is 0 Å². The average Bonchev–Trinajstić information content (AvgIpc) is 2.20. The van der Waals surface area contributed by atoms with E-state index in [1.165, 1.54) is 4.90 Å². The van der Waals surface area contributed by atoms with Gasteiger partial charge in [-0.25, -0.2) is 8.78 Å². The van der Waals surface area contributed by atoms with Crippen LogP contribution in [0.2, 0.25) is 5.02 Å². The predicted molar refractivity (Wildman–Crippen MR) is 63.5 cm³/mol. The van der Waals surface area contributed by atoms with Gasteiger partial charge in [0, 0.05) is 17.8 Å². The van der Waals surface area contributed by atoms with E-state index in [-0.39, 0.29) is 6.54 Å². The largest absolute Gasteiger partial charge is 0.369 e. The van der Waals surface area contributed by atoms with E-state index >= 15 is 0 Å². The van der Waals surface area contributed by atoms with Crippen LogP contribution in [0.3, 0.4) is 0 Å². The van der Waals surface area contributed by atoms with Crippen molar-refractivity contribution in [2.45, 2.75) is 12.8 Å². The van der Waals surface area contributed by atoms with Gasteiger partial charge in [0.1, 0.15) is 0 Å². The fourth-order valence-electron chi connectivity index (χ4n) is 1.44. The molecule has 0 saturated carbocycles. The van der Waals surface area contributed by atoms with Gasteiger partial charge in [0.2, 0.25) is 0 Å². The maximum atomic E-state index is 12.2. The second kappa shape index (κ2) is 6.01. The molecule has 0 aliphatic rings. The van der Waals surface area contributed by atoms with Gasteiger partial charge in [0.05, 0.1) is 6.54 Å². The minimum Gasteiger partial charge on any atom is -0.369 e. The van der Waals surface area contributed by atoms with E-state index in [1.54, 1.807) is 19.2 Å². The molecule has 0 bridgehead atoms. The summed E-state index contributed by atoms with van der Waals surface area (Å²) >= 11 is 6.02. The molecule has 1 rings (SSSR count). The van der Waals surface area contributed by atoms with E-state index in [4.69, 9.17) is 17.3 Å². The van der Waals surface area contributed by atoms with Crippen LogP contribution in [0.5, 0.6) is 0 Å². The van der Waals surface area contributed by atoms with Crippen molar-refractivity contribution in [2.75, 3.05) is 25.0 Å². The Hall–Kier alpha value is -0.870. The second-order valence-corrected chi connectivity index (χ2v) is 3.99. The molecule has 1 aromatic carbocycles. The standard InChI is InChI=1S/C11H15ClF2N2/c1-16(7-11(13)14)9-3-2-8(4-5-15)10(12)6-9/h2-3,6,11H,4-5,7,15H2,1H3. The molecule has 2 N–H and O–H groups in total. The van der Waals surface area contributed by atoms with E-state index in [9.17, 15) is 8.78 Å². The zero-order valence-electron chi connectivity index (χ0n) is 9.09. The maximum Gasteiger partial charge on any atom is 0.255 e. The zero-order chi connectivity index (χ0) is 12.1. The van der Waals surface area contributed by atoms with Gasteiger partial charge < -0.3 is 10.6 Å². The van der Waals surface area contributed by atoms with E-state index in [2.05, 4.69) is 0 Å². The zero-order valence-corrected chi connectivity index (χ0v) is 9.85. The third-order valence-electron chi connectivity index (χ3n) is 2.30. The molecule has 16 heavy (non-hydrogen) atoms. The van der Waals surface area contributed by atoms with Crippen molar-refractivity contribution in [3.63, 3.8) is 0 Å². The summed E-state index contributed by atoms with van der Waals surface area (Å²) in [6.07, 6.45) is -1.66. The highest BCUT2D eigenvalue weighted by Gasteiger charge is 2.10. The smallest absolute Gasteiger partial charge is 0.255 e. The van der Waals surface area contributed by atoms with Gasteiger partial charge >= 0.3 is 0 Å². The SMILES string of the molecule is CN(CC(F)F)c1ccc(CCN)c(Cl)c1. The second-order valence-electron chi connectivity index (χ2n) is 3.59. The summed E-state index contributed by atoms with van der Waals surface area (Å²) in [5.41, 5.74) is 7.05. The molecule has 0 fully saturated rings. The molecule has 1 aromatic rings. The molecule has 5 heteroatoms. The van der Waals surface area contributed by atoms with Crippen LogP contribution in [0.15, 0.2) is 18.2 Å². The fourth-order valence-corrected chi connectivity index (χ4v) is 1.71. The monoisotopic (exact) mass is 248 g/mol. The van der Waals surface area contributed by atoms with Crippen LogP contribution in [-0.2, 0) is 6.42 Å². The predicted octanol–water partition coefficient (Wildman–Crippen LogP) is 2.54. The molecular formula is C11H15ClF2N2. The Morgan fingerprint density at radius 1 is 1.44 bits per heavy atom. The Bertz CT molecular complexity index is 345. The molecule has 2 nitrogen and oxygen atoms in total. The summed E-state index contributed by atoms with van der Waals surface area (Å²) in [5, 5.41) is 0.573. The lowest BCUT2D eigenvalue weighted by Crippen LogP contribution is -2.23. The first kappa shape index (κ1) is 13.2. The average molecular weight is 249 g/mol. The summed E-state index contributed by atoms with van der Waals surface area (Å²) in [4.78, 5) is 1.47. The summed E-state index contributed by atoms with van der Waals surface area (Å²) in [6.45, 7) is 0.221. The summed E-state index contributed by atoms with van der Waals surface area (Å²) in [5.74, 6) is 0. The lowest BCUT2D eigenvalue weighted by molar-refractivity contribution is 0.156. The highest BCUT2D eigenvalue weighted by molar-refractivity contribution is 6.31. The normalized spacial score (nSPS) is 10.9. The van der Waals surface area contributed by atoms with Crippen LogP contribution < -0.4 is 10.6 Å². The molecule has 0 radical (unpaired) electrons. The van der Waals surface area contributed by atoms with Crippen molar-refractivity contribution in [1.82, 2.24) is 0 Å². The number of hydrogen-bond donors (Lipinski definition) is 1. The van der Waals surface area contributed by atoms with Gasteiger partial charge in [-0.1, -0.05) is 17.7 Å². The van der Waals surface area contributed by atoms with Gasteiger partial charge in [-0.05, 0) is 30.7 Å². The van der Waals surface area contributed by atoms with Crippen molar-refractivity contribution in [1.29, 1.82) is 0 Å². The van der Waals surface area contributed by atoms with Gasteiger partial charge in [-0.3, -0.25) is 0 Å². The van der Waals surface area contributed by atoms with Crippen LogP contribution in [0.4, 0.5) is 14.5 Å². The molecule has 0 amide bonds. The minimum absolute atomic E-state index is 0.299. The first-order valence-corrected chi connectivity index (χ1v) is 5.40. The summed E-state index contributed by atoms with van der Waals surface area (Å²) in [7, 11) is 1.61. The molecular weight excluding hydrogens is 234 g/mol. The van der Waals surface area contributed by atoms with E-state index in [0.29, 0.717) is 23.7 Å². The van der Waals surface area contributed by atoms with Crippen LogP contribution in [0.1, 0.15) is 5.56 Å². The summed E-state index contributed by atoms with van der Waals surface area (Å²) < 4.78 is 24.4. The lowest BCUT2D eigenvalue weighted by atomic mass is 10.1. The van der Waals surface area contributed by atoms with Crippen molar-refractivity contribution in [2.24, 2.45) is 5.73 Å². The Morgan fingerprint density at radius 2 is 2.12 bits per heavy atom. The third-order valence-corrected chi connectivity index (χ3v) is 2.65. The van der Waals surface area contributed by atoms with E-state index in [1.807, 2.05) is 6.07 Å². The van der Waals surface area contributed by atoms with Crippen molar-refractivity contribution >= 4 is 17.3 Å². The number of nitrogens with zero attached hydrogens (tertiary/aromatic N) is 1. The Balaban J connectivity index is 2.79. The third kappa shape index (κ3) is 3.61. The topological polar surface area (TPSA) is 29.3 Å².